The molecule has 1 N–H and O–H groups in total. The summed E-state index contributed by atoms with van der Waals surface area (Å²) in [7, 11) is 0. The summed E-state index contributed by atoms with van der Waals surface area (Å²) in [5, 5.41) is 3.51. The summed E-state index contributed by atoms with van der Waals surface area (Å²) in [4.78, 5) is 14.2. The number of rotatable bonds is 5. The van der Waals surface area contributed by atoms with Crippen molar-refractivity contribution in [2.75, 3.05) is 38.2 Å². The van der Waals surface area contributed by atoms with Crippen LogP contribution < -0.4 is 5.32 Å². The lowest BCUT2D eigenvalue weighted by Gasteiger charge is -2.34. The van der Waals surface area contributed by atoms with Crippen LogP contribution >= 0.6 is 11.3 Å². The van der Waals surface area contributed by atoms with Gasteiger partial charge in [0.25, 0.3) is 0 Å². The number of hydrogen-bond acceptors (Lipinski definition) is 6. The van der Waals surface area contributed by atoms with Gasteiger partial charge in [0.2, 0.25) is 0 Å². The Morgan fingerprint density at radius 3 is 2.74 bits per heavy atom. The molecule has 0 bridgehead atoms. The van der Waals surface area contributed by atoms with Gasteiger partial charge in [-0.05, 0) is 32.9 Å². The van der Waals surface area contributed by atoms with Crippen LogP contribution in [0.2, 0.25) is 0 Å². The van der Waals surface area contributed by atoms with Gasteiger partial charge >= 0.3 is 0 Å². The molecule has 0 radical (unpaired) electrons. The zero-order chi connectivity index (χ0) is 16.2. The maximum absolute atomic E-state index is 5.51. The van der Waals surface area contributed by atoms with Crippen molar-refractivity contribution in [1.29, 1.82) is 0 Å². The van der Waals surface area contributed by atoms with Crippen LogP contribution in [0.3, 0.4) is 0 Å². The molecule has 3 heterocycles. The van der Waals surface area contributed by atoms with Crippen LogP contribution in [-0.2, 0) is 4.74 Å². The van der Waals surface area contributed by atoms with Gasteiger partial charge < -0.3 is 10.1 Å². The van der Waals surface area contributed by atoms with Crippen LogP contribution in [0.15, 0.2) is 18.3 Å². The van der Waals surface area contributed by atoms with E-state index in [0.717, 1.165) is 50.1 Å². The van der Waals surface area contributed by atoms with Crippen molar-refractivity contribution in [3.8, 4) is 0 Å². The van der Waals surface area contributed by atoms with Gasteiger partial charge in [-0.1, -0.05) is 0 Å². The van der Waals surface area contributed by atoms with Crippen molar-refractivity contribution >= 4 is 17.2 Å². The highest BCUT2D eigenvalue weighted by Crippen LogP contribution is 2.28. The first kappa shape index (κ1) is 16.4. The Morgan fingerprint density at radius 2 is 2.04 bits per heavy atom. The molecule has 0 saturated carbocycles. The fraction of sp³-hybridized carbons (Fsp3) is 0.529. The number of ether oxygens (including phenoxy) is 1. The molecule has 124 valence electrons. The van der Waals surface area contributed by atoms with Crippen LogP contribution in [0, 0.1) is 20.8 Å². The molecular weight excluding hydrogens is 308 g/mol. The van der Waals surface area contributed by atoms with Gasteiger partial charge in [0.15, 0.2) is 0 Å². The van der Waals surface area contributed by atoms with Crippen molar-refractivity contribution in [2.45, 2.75) is 26.8 Å². The Kier molecular flexibility index (Phi) is 5.25. The highest BCUT2D eigenvalue weighted by molar-refractivity contribution is 7.12. The molecule has 1 aliphatic heterocycles. The SMILES string of the molecule is Cc1cnc(C)c(NCC(c2ccc(C)s2)N2CCOCC2)n1. The summed E-state index contributed by atoms with van der Waals surface area (Å²) in [6.07, 6.45) is 1.81. The molecule has 2 aromatic heterocycles. The molecule has 1 atom stereocenters. The van der Waals surface area contributed by atoms with Crippen LogP contribution in [0.1, 0.15) is 27.2 Å². The number of nitrogens with one attached hydrogen (secondary N) is 1. The Hall–Kier alpha value is -1.50. The lowest BCUT2D eigenvalue weighted by atomic mass is 10.2. The molecule has 23 heavy (non-hydrogen) atoms. The molecule has 0 aliphatic carbocycles. The molecule has 5 nitrogen and oxygen atoms in total. The highest BCUT2D eigenvalue weighted by Gasteiger charge is 2.24. The second kappa shape index (κ2) is 7.38. The van der Waals surface area contributed by atoms with E-state index in [1.54, 1.807) is 0 Å². The van der Waals surface area contributed by atoms with E-state index in [1.165, 1.54) is 9.75 Å². The topological polar surface area (TPSA) is 50.3 Å². The van der Waals surface area contributed by atoms with Crippen molar-refractivity contribution in [2.24, 2.45) is 0 Å². The van der Waals surface area contributed by atoms with Gasteiger partial charge in [0.05, 0.1) is 30.6 Å². The van der Waals surface area contributed by atoms with E-state index in [2.05, 4.69) is 39.2 Å². The number of aryl methyl sites for hydroxylation is 3. The first-order valence-corrected chi connectivity index (χ1v) is 8.87. The third-order valence-electron chi connectivity index (χ3n) is 4.11. The fourth-order valence-corrected chi connectivity index (χ4v) is 3.84. The Bertz CT molecular complexity index is 652. The maximum atomic E-state index is 5.51. The van der Waals surface area contributed by atoms with Gasteiger partial charge in [-0.25, -0.2) is 4.98 Å². The van der Waals surface area contributed by atoms with E-state index in [4.69, 9.17) is 4.74 Å². The lowest BCUT2D eigenvalue weighted by Crippen LogP contribution is -2.41. The van der Waals surface area contributed by atoms with Crippen LogP contribution in [0.4, 0.5) is 5.82 Å². The summed E-state index contributed by atoms with van der Waals surface area (Å²) in [6, 6.07) is 4.79. The van der Waals surface area contributed by atoms with Gasteiger partial charge in [-0.3, -0.25) is 9.88 Å². The number of aromatic nitrogens is 2. The molecule has 0 spiro atoms. The number of anilines is 1. The molecule has 1 aliphatic rings. The second-order valence-electron chi connectivity index (χ2n) is 5.94. The van der Waals surface area contributed by atoms with Crippen LogP contribution in [-0.4, -0.2) is 47.7 Å². The first-order chi connectivity index (χ1) is 11.1. The molecule has 3 rings (SSSR count). The Labute approximate surface area is 141 Å². The van der Waals surface area contributed by atoms with Gasteiger partial charge in [-0.2, -0.15) is 0 Å². The van der Waals surface area contributed by atoms with E-state index < -0.39 is 0 Å². The minimum absolute atomic E-state index is 0.347. The molecule has 1 saturated heterocycles. The van der Waals surface area contributed by atoms with E-state index in [1.807, 2.05) is 31.4 Å². The summed E-state index contributed by atoms with van der Waals surface area (Å²) in [6.45, 7) is 10.5. The molecule has 2 aromatic rings. The normalized spacial score (nSPS) is 17.2. The monoisotopic (exact) mass is 332 g/mol. The molecule has 0 aromatic carbocycles. The summed E-state index contributed by atoms with van der Waals surface area (Å²) >= 11 is 1.87. The van der Waals surface area contributed by atoms with Crippen LogP contribution in [0.25, 0.3) is 0 Å². The van der Waals surface area contributed by atoms with Crippen molar-refractivity contribution in [3.05, 3.63) is 39.5 Å². The molecular formula is C17H24N4OS. The first-order valence-electron chi connectivity index (χ1n) is 8.06. The highest BCUT2D eigenvalue weighted by atomic mass is 32.1. The standard InChI is InChI=1S/C17H24N4OS/c1-12-10-18-14(3)17(20-12)19-11-15(16-5-4-13(2)23-16)21-6-8-22-9-7-21/h4-5,10,15H,6-9,11H2,1-3H3,(H,19,20). The predicted molar refractivity (Wildman–Crippen MR) is 94.2 cm³/mol. The van der Waals surface area contributed by atoms with Gasteiger partial charge in [-0.15, -0.1) is 11.3 Å². The largest absolute Gasteiger partial charge is 0.379 e. The average Bonchev–Trinajstić information content (AvgIpc) is 2.98. The average molecular weight is 332 g/mol. The fourth-order valence-electron chi connectivity index (χ4n) is 2.83. The van der Waals surface area contributed by atoms with Crippen LogP contribution in [0.5, 0.6) is 0 Å². The zero-order valence-corrected chi connectivity index (χ0v) is 14.8. The summed E-state index contributed by atoms with van der Waals surface area (Å²) < 4.78 is 5.51. The quantitative estimate of drug-likeness (QED) is 0.912. The van der Waals surface area contributed by atoms with Gasteiger partial charge in [0, 0.05) is 35.6 Å². The summed E-state index contributed by atoms with van der Waals surface area (Å²) in [5.41, 5.74) is 1.88. The Balaban J connectivity index is 1.76. The summed E-state index contributed by atoms with van der Waals surface area (Å²) in [5.74, 6) is 0.886. The third-order valence-corrected chi connectivity index (χ3v) is 5.22. The van der Waals surface area contributed by atoms with E-state index in [-0.39, 0.29) is 0 Å². The number of morpholine rings is 1. The minimum Gasteiger partial charge on any atom is -0.379 e. The molecule has 1 fully saturated rings. The van der Waals surface area contributed by atoms with Crippen molar-refractivity contribution in [3.63, 3.8) is 0 Å². The zero-order valence-electron chi connectivity index (χ0n) is 14.0. The number of hydrogen-bond donors (Lipinski definition) is 1. The lowest BCUT2D eigenvalue weighted by molar-refractivity contribution is 0.0194. The van der Waals surface area contributed by atoms with E-state index in [9.17, 15) is 0 Å². The van der Waals surface area contributed by atoms with E-state index in [0.29, 0.717) is 6.04 Å². The second-order valence-corrected chi connectivity index (χ2v) is 7.26. The van der Waals surface area contributed by atoms with Crippen molar-refractivity contribution < 1.29 is 4.74 Å². The molecule has 6 heteroatoms. The van der Waals surface area contributed by atoms with Crippen molar-refractivity contribution in [1.82, 2.24) is 14.9 Å². The maximum Gasteiger partial charge on any atom is 0.147 e. The minimum atomic E-state index is 0.347. The number of nitrogens with zero attached hydrogens (tertiary/aromatic N) is 3. The van der Waals surface area contributed by atoms with Gasteiger partial charge in [0.1, 0.15) is 5.82 Å². The molecule has 0 amide bonds. The smallest absolute Gasteiger partial charge is 0.147 e. The van der Waals surface area contributed by atoms with E-state index >= 15 is 0 Å². The predicted octanol–water partition coefficient (Wildman–Crippen LogP) is 2.95. The Morgan fingerprint density at radius 1 is 1.26 bits per heavy atom. The number of thiophene rings is 1. The molecule has 1 unspecified atom stereocenters. The third kappa shape index (κ3) is 4.07.